The Morgan fingerprint density at radius 1 is 1.42 bits per heavy atom. The maximum absolute atomic E-state index is 13.0. The maximum Gasteiger partial charge on any atom is 0.245 e. The van der Waals surface area contributed by atoms with Gasteiger partial charge < -0.3 is 15.8 Å². The molecule has 0 spiro atoms. The third kappa shape index (κ3) is 2.65. The third-order valence-corrected chi connectivity index (χ3v) is 6.05. The van der Waals surface area contributed by atoms with Crippen molar-refractivity contribution in [1.29, 1.82) is 0 Å². The Hall–Kier alpha value is -1.10. The minimum Gasteiger partial charge on any atom is -0.377 e. The monoisotopic (exact) mass is 352 g/mol. The molecule has 1 aromatic rings. The van der Waals surface area contributed by atoms with Gasteiger partial charge in [0.1, 0.15) is 5.54 Å². The number of ether oxygens (including phenoxy) is 1. The molecule has 5 heteroatoms. The summed E-state index contributed by atoms with van der Waals surface area (Å²) in [6.45, 7) is 9.09. The summed E-state index contributed by atoms with van der Waals surface area (Å²) < 4.78 is 5.88. The van der Waals surface area contributed by atoms with Crippen molar-refractivity contribution in [2.24, 2.45) is 17.1 Å². The number of benzene rings is 1. The number of amides is 1. The lowest BCUT2D eigenvalue weighted by molar-refractivity contribution is -0.222. The van der Waals surface area contributed by atoms with Crippen molar-refractivity contribution in [3.05, 3.63) is 29.3 Å². The molecule has 2 aliphatic rings. The van der Waals surface area contributed by atoms with Gasteiger partial charge in [-0.15, -0.1) is 12.4 Å². The van der Waals surface area contributed by atoms with Crippen molar-refractivity contribution < 1.29 is 9.53 Å². The lowest BCUT2D eigenvalue weighted by Gasteiger charge is -2.65. The Labute approximate surface area is 150 Å². The minimum atomic E-state index is -0.866. The Bertz CT molecular complexity index is 632. The smallest absolute Gasteiger partial charge is 0.245 e. The van der Waals surface area contributed by atoms with Gasteiger partial charge in [0.2, 0.25) is 5.91 Å². The van der Waals surface area contributed by atoms with Crippen molar-refractivity contribution in [2.75, 3.05) is 11.9 Å². The van der Waals surface area contributed by atoms with Crippen LogP contribution in [0.15, 0.2) is 18.2 Å². The number of hydrogen-bond donors (Lipinski definition) is 2. The van der Waals surface area contributed by atoms with Crippen LogP contribution in [0, 0.1) is 18.3 Å². The van der Waals surface area contributed by atoms with Crippen molar-refractivity contribution in [1.82, 2.24) is 0 Å². The van der Waals surface area contributed by atoms with Crippen LogP contribution in [0.2, 0.25) is 0 Å². The summed E-state index contributed by atoms with van der Waals surface area (Å²) >= 11 is 0. The summed E-state index contributed by atoms with van der Waals surface area (Å²) in [4.78, 5) is 13.0. The molecule has 3 rings (SSSR count). The van der Waals surface area contributed by atoms with Crippen LogP contribution in [0.25, 0.3) is 0 Å². The molecule has 3 N–H and O–H groups in total. The zero-order valence-corrected chi connectivity index (χ0v) is 15.8. The lowest BCUT2D eigenvalue weighted by Crippen LogP contribution is -2.81. The first kappa shape index (κ1) is 19.2. The first-order valence-electron chi connectivity index (χ1n) is 8.63. The predicted molar refractivity (Wildman–Crippen MR) is 99.6 cm³/mol. The van der Waals surface area contributed by atoms with E-state index in [9.17, 15) is 4.79 Å². The molecule has 1 saturated carbocycles. The molecule has 2 fully saturated rings. The number of aryl methyl sites for hydroxylation is 2. The maximum atomic E-state index is 13.0. The largest absolute Gasteiger partial charge is 0.377 e. The number of anilines is 1. The topological polar surface area (TPSA) is 64.4 Å². The van der Waals surface area contributed by atoms with Gasteiger partial charge in [-0.3, -0.25) is 4.79 Å². The van der Waals surface area contributed by atoms with Crippen molar-refractivity contribution >= 4 is 24.0 Å². The Balaban J connectivity index is 0.00000208. The molecule has 3 atom stereocenters. The van der Waals surface area contributed by atoms with Gasteiger partial charge in [0.25, 0.3) is 0 Å². The van der Waals surface area contributed by atoms with Crippen LogP contribution in [0.3, 0.4) is 0 Å². The first-order chi connectivity index (χ1) is 10.8. The van der Waals surface area contributed by atoms with E-state index in [0.29, 0.717) is 0 Å². The van der Waals surface area contributed by atoms with Gasteiger partial charge in [-0.25, -0.2) is 0 Å². The molecule has 1 aliphatic heterocycles. The second-order valence-electron chi connectivity index (χ2n) is 7.58. The number of carbonyl (C=O) groups is 1. The van der Waals surface area contributed by atoms with E-state index in [-0.39, 0.29) is 35.8 Å². The van der Waals surface area contributed by atoms with Gasteiger partial charge in [0.15, 0.2) is 0 Å². The van der Waals surface area contributed by atoms with E-state index in [1.54, 1.807) is 0 Å². The Kier molecular flexibility index (Phi) is 5.34. The number of rotatable bonds is 3. The second-order valence-corrected chi connectivity index (χ2v) is 7.58. The fraction of sp³-hybridized carbons (Fsp3) is 0.632. The third-order valence-electron chi connectivity index (χ3n) is 6.05. The number of nitrogens with two attached hydrogens (primary N) is 1. The van der Waals surface area contributed by atoms with Crippen LogP contribution >= 0.6 is 12.4 Å². The molecule has 134 valence electrons. The van der Waals surface area contributed by atoms with Crippen molar-refractivity contribution in [3.63, 3.8) is 0 Å². The summed E-state index contributed by atoms with van der Waals surface area (Å²) in [7, 11) is 0. The summed E-state index contributed by atoms with van der Waals surface area (Å²) in [5, 5.41) is 3.06. The van der Waals surface area contributed by atoms with Crippen LogP contribution < -0.4 is 11.1 Å². The fourth-order valence-electron chi connectivity index (χ4n) is 4.40. The number of carbonyl (C=O) groups excluding carboxylic acids is 1. The number of halogens is 1. The van der Waals surface area contributed by atoms with Gasteiger partial charge in [0, 0.05) is 23.6 Å². The normalized spacial score (nSPS) is 30.5. The second kappa shape index (κ2) is 6.66. The highest BCUT2D eigenvalue weighted by Crippen LogP contribution is 2.57. The zero-order chi connectivity index (χ0) is 16.8. The molecule has 4 nitrogen and oxygen atoms in total. The van der Waals surface area contributed by atoms with Gasteiger partial charge in [-0.05, 0) is 49.4 Å². The fourth-order valence-corrected chi connectivity index (χ4v) is 4.40. The van der Waals surface area contributed by atoms with E-state index in [0.717, 1.165) is 31.6 Å². The molecule has 24 heavy (non-hydrogen) atoms. The summed E-state index contributed by atoms with van der Waals surface area (Å²) in [6, 6.07) is 6.06. The molecular formula is C19H29ClN2O2. The standard InChI is InChI=1S/C19H28N2O2.ClH/c1-5-13-11-14(9-8-12(13)2)21-17(22)19(20)15-7-6-10-23-16(15)18(19,3)4;/h8-9,11,15-16H,5-7,10,20H2,1-4H3,(H,21,22);1H. The minimum absolute atomic E-state index is 0. The highest BCUT2D eigenvalue weighted by atomic mass is 35.5. The molecule has 1 aromatic carbocycles. The molecule has 0 bridgehead atoms. The zero-order valence-electron chi connectivity index (χ0n) is 15.0. The molecule has 0 radical (unpaired) electrons. The van der Waals surface area contributed by atoms with E-state index in [4.69, 9.17) is 10.5 Å². The van der Waals surface area contributed by atoms with Gasteiger partial charge >= 0.3 is 0 Å². The SMILES string of the molecule is CCc1cc(NC(=O)C2(N)C3CCCOC3C2(C)C)ccc1C.Cl. The molecular weight excluding hydrogens is 324 g/mol. The molecule has 3 unspecified atom stereocenters. The molecule has 1 amide bonds. The summed E-state index contributed by atoms with van der Waals surface area (Å²) in [5.41, 5.74) is 8.75. The average Bonchev–Trinajstić information content (AvgIpc) is 2.55. The molecule has 1 saturated heterocycles. The van der Waals surface area contributed by atoms with E-state index in [2.05, 4.69) is 31.3 Å². The van der Waals surface area contributed by atoms with Crippen LogP contribution in [0.4, 0.5) is 5.69 Å². The van der Waals surface area contributed by atoms with Gasteiger partial charge in [-0.2, -0.15) is 0 Å². The molecule has 1 heterocycles. The highest BCUT2D eigenvalue weighted by molar-refractivity contribution is 6.00. The van der Waals surface area contributed by atoms with Crippen molar-refractivity contribution in [3.8, 4) is 0 Å². The number of hydrogen-bond acceptors (Lipinski definition) is 3. The van der Waals surface area contributed by atoms with E-state index >= 15 is 0 Å². The lowest BCUT2D eigenvalue weighted by atomic mass is 9.46. The molecule has 0 aromatic heterocycles. The van der Waals surface area contributed by atoms with E-state index in [1.165, 1.54) is 11.1 Å². The van der Waals surface area contributed by atoms with E-state index < -0.39 is 5.54 Å². The van der Waals surface area contributed by atoms with Gasteiger partial charge in [-0.1, -0.05) is 26.8 Å². The van der Waals surface area contributed by atoms with Crippen molar-refractivity contribution in [2.45, 2.75) is 58.6 Å². The summed E-state index contributed by atoms with van der Waals surface area (Å²) in [5.74, 6) is 0.0301. The Morgan fingerprint density at radius 3 is 2.79 bits per heavy atom. The van der Waals surface area contributed by atoms with Crippen LogP contribution in [-0.4, -0.2) is 24.2 Å². The van der Waals surface area contributed by atoms with Gasteiger partial charge in [0.05, 0.1) is 6.10 Å². The summed E-state index contributed by atoms with van der Waals surface area (Å²) in [6.07, 6.45) is 2.99. The van der Waals surface area contributed by atoms with Crippen LogP contribution in [0.5, 0.6) is 0 Å². The van der Waals surface area contributed by atoms with E-state index in [1.807, 2.05) is 19.9 Å². The Morgan fingerprint density at radius 2 is 2.12 bits per heavy atom. The highest BCUT2D eigenvalue weighted by Gasteiger charge is 2.70. The quantitative estimate of drug-likeness (QED) is 0.875. The first-order valence-corrected chi connectivity index (χ1v) is 8.63. The average molecular weight is 353 g/mol. The predicted octanol–water partition coefficient (Wildman–Crippen LogP) is 3.45. The number of nitrogens with one attached hydrogen (secondary N) is 1. The van der Waals surface area contributed by atoms with Crippen LogP contribution in [-0.2, 0) is 16.0 Å². The van der Waals surface area contributed by atoms with Crippen LogP contribution in [0.1, 0.15) is 44.7 Å². The number of fused-ring (bicyclic) bond motifs is 1. The molecule has 1 aliphatic carbocycles.